The number of rotatable bonds is 5. The largest absolute Gasteiger partial charge is 0.378 e. The highest BCUT2D eigenvalue weighted by molar-refractivity contribution is 5.81. The SMILES string of the molecule is CNC(C)(C)Nc1cc(-c2ccc3nc(C)[nH]c3c2)nc(N2CCOCC2)n1. The molecule has 3 N–H and O–H groups in total. The third kappa shape index (κ3) is 3.93. The topological polar surface area (TPSA) is 91.0 Å². The third-order valence-corrected chi connectivity index (χ3v) is 4.97. The Hall–Kier alpha value is -2.71. The van der Waals surface area contributed by atoms with Gasteiger partial charge in [-0.15, -0.1) is 0 Å². The van der Waals surface area contributed by atoms with Gasteiger partial charge in [0.15, 0.2) is 0 Å². The van der Waals surface area contributed by atoms with Gasteiger partial charge in [-0.2, -0.15) is 4.98 Å². The van der Waals surface area contributed by atoms with Gasteiger partial charge in [0.05, 0.1) is 35.6 Å². The highest BCUT2D eigenvalue weighted by Crippen LogP contribution is 2.27. The lowest BCUT2D eigenvalue weighted by atomic mass is 10.1. The average molecular weight is 381 g/mol. The first-order chi connectivity index (χ1) is 13.4. The molecule has 148 valence electrons. The maximum absolute atomic E-state index is 5.48. The van der Waals surface area contributed by atoms with E-state index < -0.39 is 0 Å². The number of nitrogens with one attached hydrogen (secondary N) is 3. The number of morpholine rings is 1. The molecule has 0 spiro atoms. The van der Waals surface area contributed by atoms with Gasteiger partial charge in [0, 0.05) is 24.7 Å². The van der Waals surface area contributed by atoms with Crippen LogP contribution in [0.4, 0.5) is 11.8 Å². The Balaban J connectivity index is 1.77. The smallest absolute Gasteiger partial charge is 0.228 e. The third-order valence-electron chi connectivity index (χ3n) is 4.97. The lowest BCUT2D eigenvalue weighted by molar-refractivity contribution is 0.122. The van der Waals surface area contributed by atoms with E-state index >= 15 is 0 Å². The minimum atomic E-state index is -0.293. The van der Waals surface area contributed by atoms with E-state index in [9.17, 15) is 0 Å². The molecule has 3 aromatic rings. The second kappa shape index (κ2) is 7.37. The Morgan fingerprint density at radius 3 is 2.64 bits per heavy atom. The van der Waals surface area contributed by atoms with Crippen molar-refractivity contribution in [2.45, 2.75) is 26.4 Å². The first-order valence-electron chi connectivity index (χ1n) is 9.59. The first-order valence-corrected chi connectivity index (χ1v) is 9.59. The molecule has 8 nitrogen and oxygen atoms in total. The number of aryl methyl sites for hydroxylation is 1. The molecule has 8 heteroatoms. The maximum atomic E-state index is 5.48. The van der Waals surface area contributed by atoms with Crippen molar-refractivity contribution in [2.24, 2.45) is 0 Å². The Bertz CT molecular complexity index is 976. The number of hydrogen-bond donors (Lipinski definition) is 3. The van der Waals surface area contributed by atoms with Gasteiger partial charge in [0.2, 0.25) is 5.95 Å². The molecule has 28 heavy (non-hydrogen) atoms. The van der Waals surface area contributed by atoms with Gasteiger partial charge >= 0.3 is 0 Å². The van der Waals surface area contributed by atoms with Crippen LogP contribution in [0.15, 0.2) is 24.3 Å². The predicted octanol–water partition coefficient (Wildman–Crippen LogP) is 2.53. The van der Waals surface area contributed by atoms with Gasteiger partial charge in [0.1, 0.15) is 11.6 Å². The molecule has 1 aromatic carbocycles. The minimum Gasteiger partial charge on any atom is -0.378 e. The molecule has 0 amide bonds. The van der Waals surface area contributed by atoms with Gasteiger partial charge in [0.25, 0.3) is 0 Å². The van der Waals surface area contributed by atoms with Gasteiger partial charge < -0.3 is 19.9 Å². The van der Waals surface area contributed by atoms with Gasteiger partial charge in [-0.05, 0) is 40.0 Å². The molecule has 0 unspecified atom stereocenters. The zero-order valence-corrected chi connectivity index (χ0v) is 16.8. The lowest BCUT2D eigenvalue weighted by Gasteiger charge is -2.29. The van der Waals surface area contributed by atoms with Crippen LogP contribution < -0.4 is 15.5 Å². The highest BCUT2D eigenvalue weighted by Gasteiger charge is 2.20. The predicted molar refractivity (Wildman–Crippen MR) is 112 cm³/mol. The summed E-state index contributed by atoms with van der Waals surface area (Å²) in [5.74, 6) is 2.41. The van der Waals surface area contributed by atoms with Crippen molar-refractivity contribution in [3.63, 3.8) is 0 Å². The molecule has 0 radical (unpaired) electrons. The quantitative estimate of drug-likeness (QED) is 0.585. The minimum absolute atomic E-state index is 0.293. The van der Waals surface area contributed by atoms with Crippen LogP contribution in [0.1, 0.15) is 19.7 Å². The van der Waals surface area contributed by atoms with E-state index in [1.807, 2.05) is 26.1 Å². The van der Waals surface area contributed by atoms with Gasteiger partial charge in [-0.3, -0.25) is 5.32 Å². The summed E-state index contributed by atoms with van der Waals surface area (Å²) in [6, 6.07) is 8.16. The van der Waals surface area contributed by atoms with Crippen molar-refractivity contribution in [1.82, 2.24) is 25.3 Å². The molecule has 1 fully saturated rings. The van der Waals surface area contributed by atoms with Crippen molar-refractivity contribution in [3.8, 4) is 11.3 Å². The Morgan fingerprint density at radius 2 is 1.89 bits per heavy atom. The standard InChI is InChI=1S/C20H27N7O/c1-13-22-15-6-5-14(11-17(15)23-13)16-12-18(26-20(2,3)21-4)25-19(24-16)27-7-9-28-10-8-27/h5-6,11-12,21H,7-10H2,1-4H3,(H,22,23)(H,24,25,26). The number of fused-ring (bicyclic) bond motifs is 1. The molecule has 1 aliphatic heterocycles. The van der Waals surface area contributed by atoms with Crippen molar-refractivity contribution >= 4 is 22.8 Å². The van der Waals surface area contributed by atoms with E-state index in [1.165, 1.54) is 0 Å². The number of aromatic nitrogens is 4. The molecule has 0 aliphatic carbocycles. The van der Waals surface area contributed by atoms with Crippen molar-refractivity contribution in [2.75, 3.05) is 43.6 Å². The summed E-state index contributed by atoms with van der Waals surface area (Å²) in [5, 5.41) is 6.72. The van der Waals surface area contributed by atoms with E-state index in [1.54, 1.807) is 0 Å². The van der Waals surface area contributed by atoms with Crippen molar-refractivity contribution in [3.05, 3.63) is 30.1 Å². The molecule has 4 rings (SSSR count). The average Bonchev–Trinajstić information content (AvgIpc) is 3.07. The molecule has 3 heterocycles. The zero-order valence-electron chi connectivity index (χ0n) is 16.8. The van der Waals surface area contributed by atoms with E-state index in [4.69, 9.17) is 14.7 Å². The highest BCUT2D eigenvalue weighted by atomic mass is 16.5. The van der Waals surface area contributed by atoms with Crippen LogP contribution in [0.3, 0.4) is 0 Å². The lowest BCUT2D eigenvalue weighted by Crippen LogP contribution is -2.44. The van der Waals surface area contributed by atoms with Crippen LogP contribution in [0, 0.1) is 6.92 Å². The van der Waals surface area contributed by atoms with Crippen LogP contribution in [-0.4, -0.2) is 58.9 Å². The summed E-state index contributed by atoms with van der Waals surface area (Å²) >= 11 is 0. The molecule has 0 saturated carbocycles. The normalized spacial score (nSPS) is 15.2. The Morgan fingerprint density at radius 1 is 1.11 bits per heavy atom. The summed E-state index contributed by atoms with van der Waals surface area (Å²) < 4.78 is 5.48. The number of anilines is 2. The summed E-state index contributed by atoms with van der Waals surface area (Å²) in [4.78, 5) is 19.6. The molecule has 2 aromatic heterocycles. The van der Waals surface area contributed by atoms with E-state index in [0.717, 1.165) is 53.0 Å². The number of hydrogen-bond acceptors (Lipinski definition) is 7. The van der Waals surface area contributed by atoms with Crippen molar-refractivity contribution < 1.29 is 4.74 Å². The van der Waals surface area contributed by atoms with E-state index in [0.29, 0.717) is 13.2 Å². The summed E-state index contributed by atoms with van der Waals surface area (Å²) in [6.07, 6.45) is 0. The fraction of sp³-hybridized carbons (Fsp3) is 0.450. The van der Waals surface area contributed by atoms with Gasteiger partial charge in [-0.1, -0.05) is 6.07 Å². The number of nitrogens with zero attached hydrogens (tertiary/aromatic N) is 4. The molecular formula is C20H27N7O. The molecule has 1 aliphatic rings. The zero-order chi connectivity index (χ0) is 19.7. The van der Waals surface area contributed by atoms with Crippen LogP contribution in [0.5, 0.6) is 0 Å². The molecular weight excluding hydrogens is 354 g/mol. The number of imidazole rings is 1. The van der Waals surface area contributed by atoms with Crippen LogP contribution in [-0.2, 0) is 4.74 Å². The second-order valence-corrected chi connectivity index (χ2v) is 7.59. The van der Waals surface area contributed by atoms with Crippen molar-refractivity contribution in [1.29, 1.82) is 0 Å². The van der Waals surface area contributed by atoms with Crippen LogP contribution >= 0.6 is 0 Å². The maximum Gasteiger partial charge on any atom is 0.228 e. The monoisotopic (exact) mass is 381 g/mol. The van der Waals surface area contributed by atoms with E-state index in [-0.39, 0.29) is 5.66 Å². The van der Waals surface area contributed by atoms with Gasteiger partial charge in [-0.25, -0.2) is 9.97 Å². The molecule has 0 bridgehead atoms. The second-order valence-electron chi connectivity index (χ2n) is 7.59. The van der Waals surface area contributed by atoms with Crippen LogP contribution in [0.25, 0.3) is 22.3 Å². The summed E-state index contributed by atoms with van der Waals surface area (Å²) in [7, 11) is 1.92. The number of aromatic amines is 1. The summed E-state index contributed by atoms with van der Waals surface area (Å²) in [5.41, 5.74) is 3.57. The van der Waals surface area contributed by atoms with Crippen LogP contribution in [0.2, 0.25) is 0 Å². The molecule has 1 saturated heterocycles. The number of ether oxygens (including phenoxy) is 1. The molecule has 0 atom stereocenters. The fourth-order valence-corrected chi connectivity index (χ4v) is 3.23. The number of H-pyrrole nitrogens is 1. The fourth-order valence-electron chi connectivity index (χ4n) is 3.23. The number of benzene rings is 1. The summed E-state index contributed by atoms with van der Waals surface area (Å²) in [6.45, 7) is 9.07. The van der Waals surface area contributed by atoms with E-state index in [2.05, 4.69) is 51.5 Å². The Labute approximate surface area is 164 Å². The Kier molecular flexibility index (Phi) is 4.91. The first kappa shape index (κ1) is 18.6.